The number of hydrogen-bond acceptors (Lipinski definition) is 3. The van der Waals surface area contributed by atoms with Gasteiger partial charge in [0, 0.05) is 16.7 Å². The van der Waals surface area contributed by atoms with Gasteiger partial charge in [-0.1, -0.05) is 53.5 Å². The Kier molecular flexibility index (Phi) is 5.15. The number of benzene rings is 3. The Morgan fingerprint density at radius 2 is 1.82 bits per heavy atom. The highest BCUT2D eigenvalue weighted by Crippen LogP contribution is 2.31. The quantitative estimate of drug-likeness (QED) is 0.394. The Hall–Kier alpha value is -3.08. The number of oxazole rings is 1. The third-order valence-corrected chi connectivity index (χ3v) is 4.61. The standard InChI is InChI=1S/C22H14Cl2N2O2/c23-16-8-10-20-19(13-16)26-22(28-20)15-7-9-17(24)18(12-15)25-21(27)11-6-14-4-2-1-3-5-14/h1-13H,(H,25,27)/b11-6+. The Labute approximate surface area is 171 Å². The highest BCUT2D eigenvalue weighted by molar-refractivity contribution is 6.34. The minimum atomic E-state index is -0.285. The van der Waals surface area contributed by atoms with Crippen molar-refractivity contribution in [2.45, 2.75) is 0 Å². The van der Waals surface area contributed by atoms with Gasteiger partial charge in [-0.2, -0.15) is 0 Å². The van der Waals surface area contributed by atoms with Crippen LogP contribution >= 0.6 is 23.2 Å². The van der Waals surface area contributed by atoms with Crippen LogP contribution in [-0.4, -0.2) is 10.9 Å². The lowest BCUT2D eigenvalue weighted by Crippen LogP contribution is -2.08. The summed E-state index contributed by atoms with van der Waals surface area (Å²) in [4.78, 5) is 16.7. The lowest BCUT2D eigenvalue weighted by atomic mass is 10.2. The van der Waals surface area contributed by atoms with Crippen molar-refractivity contribution in [1.82, 2.24) is 4.98 Å². The molecule has 138 valence electrons. The fourth-order valence-corrected chi connectivity index (χ4v) is 3.02. The van der Waals surface area contributed by atoms with E-state index in [1.165, 1.54) is 6.08 Å². The molecule has 1 amide bonds. The number of aromatic nitrogens is 1. The first-order chi connectivity index (χ1) is 13.6. The number of carbonyl (C=O) groups excluding carboxylic acids is 1. The predicted octanol–water partition coefficient (Wildman–Crippen LogP) is 6.45. The van der Waals surface area contributed by atoms with Gasteiger partial charge in [-0.05, 0) is 48.0 Å². The van der Waals surface area contributed by atoms with E-state index < -0.39 is 0 Å². The molecule has 0 aliphatic carbocycles. The number of hydrogen-bond donors (Lipinski definition) is 1. The largest absolute Gasteiger partial charge is 0.436 e. The van der Waals surface area contributed by atoms with Crippen LogP contribution < -0.4 is 5.32 Å². The van der Waals surface area contributed by atoms with Gasteiger partial charge in [-0.15, -0.1) is 0 Å². The molecule has 0 spiro atoms. The van der Waals surface area contributed by atoms with Gasteiger partial charge in [-0.25, -0.2) is 4.98 Å². The summed E-state index contributed by atoms with van der Waals surface area (Å²) in [5.74, 6) is 0.136. The Bertz CT molecular complexity index is 1180. The highest BCUT2D eigenvalue weighted by atomic mass is 35.5. The van der Waals surface area contributed by atoms with Crippen LogP contribution in [0.2, 0.25) is 10.0 Å². The smallest absolute Gasteiger partial charge is 0.248 e. The van der Waals surface area contributed by atoms with E-state index in [-0.39, 0.29) is 5.91 Å². The van der Waals surface area contributed by atoms with Crippen LogP contribution in [0.25, 0.3) is 28.6 Å². The summed E-state index contributed by atoms with van der Waals surface area (Å²) in [6.07, 6.45) is 3.19. The SMILES string of the molecule is O=C(/C=C/c1ccccc1)Nc1cc(-c2nc3cc(Cl)ccc3o2)ccc1Cl. The minimum Gasteiger partial charge on any atom is -0.436 e. The second-order valence-electron chi connectivity index (χ2n) is 6.06. The number of halogens is 2. The second kappa shape index (κ2) is 7.89. The van der Waals surface area contributed by atoms with E-state index in [0.717, 1.165) is 5.56 Å². The molecule has 0 saturated heterocycles. The zero-order chi connectivity index (χ0) is 19.5. The summed E-state index contributed by atoms with van der Waals surface area (Å²) < 4.78 is 5.77. The van der Waals surface area contributed by atoms with E-state index in [1.807, 2.05) is 30.3 Å². The second-order valence-corrected chi connectivity index (χ2v) is 6.90. The van der Waals surface area contributed by atoms with E-state index in [1.54, 1.807) is 42.5 Å². The molecule has 0 fully saturated rings. The average molecular weight is 409 g/mol. The lowest BCUT2D eigenvalue weighted by Gasteiger charge is -2.06. The number of carbonyl (C=O) groups is 1. The van der Waals surface area contributed by atoms with E-state index in [4.69, 9.17) is 27.6 Å². The molecule has 1 heterocycles. The maximum Gasteiger partial charge on any atom is 0.248 e. The molecule has 0 bridgehead atoms. The molecule has 0 saturated carbocycles. The zero-order valence-electron chi connectivity index (χ0n) is 14.5. The lowest BCUT2D eigenvalue weighted by molar-refractivity contribution is -0.111. The van der Waals surface area contributed by atoms with E-state index in [2.05, 4.69) is 10.3 Å². The van der Waals surface area contributed by atoms with Crippen molar-refractivity contribution in [2.24, 2.45) is 0 Å². The highest BCUT2D eigenvalue weighted by Gasteiger charge is 2.12. The van der Waals surface area contributed by atoms with Gasteiger partial charge < -0.3 is 9.73 Å². The molecular formula is C22H14Cl2N2O2. The van der Waals surface area contributed by atoms with Crippen molar-refractivity contribution in [1.29, 1.82) is 0 Å². The number of fused-ring (bicyclic) bond motifs is 1. The molecule has 4 rings (SSSR count). The van der Waals surface area contributed by atoms with Gasteiger partial charge in [0.2, 0.25) is 11.8 Å². The summed E-state index contributed by atoms with van der Waals surface area (Å²) in [5.41, 5.74) is 3.39. The van der Waals surface area contributed by atoms with Crippen LogP contribution in [0.15, 0.2) is 77.2 Å². The van der Waals surface area contributed by atoms with Gasteiger partial charge in [0.1, 0.15) is 5.52 Å². The number of anilines is 1. The number of rotatable bonds is 4. The van der Waals surface area contributed by atoms with Gasteiger partial charge in [0.15, 0.2) is 5.58 Å². The maximum atomic E-state index is 12.3. The van der Waals surface area contributed by atoms with Gasteiger partial charge in [-0.3, -0.25) is 4.79 Å². The first-order valence-electron chi connectivity index (χ1n) is 8.48. The molecule has 1 aromatic heterocycles. The van der Waals surface area contributed by atoms with E-state index in [0.29, 0.717) is 38.3 Å². The molecule has 0 aliphatic rings. The Morgan fingerprint density at radius 3 is 2.64 bits per heavy atom. The first-order valence-corrected chi connectivity index (χ1v) is 9.24. The zero-order valence-corrected chi connectivity index (χ0v) is 16.0. The molecule has 0 atom stereocenters. The van der Waals surface area contributed by atoms with Crippen molar-refractivity contribution in [2.75, 3.05) is 5.32 Å². The maximum absolute atomic E-state index is 12.3. The van der Waals surface area contributed by atoms with Crippen molar-refractivity contribution in [3.05, 3.63) is 88.4 Å². The number of amides is 1. The molecule has 28 heavy (non-hydrogen) atoms. The van der Waals surface area contributed by atoms with E-state index in [9.17, 15) is 4.79 Å². The molecule has 4 nitrogen and oxygen atoms in total. The summed E-state index contributed by atoms with van der Waals surface area (Å²) in [6, 6.07) is 20.0. The van der Waals surface area contributed by atoms with Crippen molar-refractivity contribution < 1.29 is 9.21 Å². The Balaban J connectivity index is 1.58. The third kappa shape index (κ3) is 4.09. The minimum absolute atomic E-state index is 0.285. The summed E-state index contributed by atoms with van der Waals surface area (Å²) in [6.45, 7) is 0. The summed E-state index contributed by atoms with van der Waals surface area (Å²) in [5, 5.41) is 3.79. The van der Waals surface area contributed by atoms with Crippen LogP contribution in [0.4, 0.5) is 5.69 Å². The van der Waals surface area contributed by atoms with Crippen molar-refractivity contribution in [3.63, 3.8) is 0 Å². The summed E-state index contributed by atoms with van der Waals surface area (Å²) in [7, 11) is 0. The average Bonchev–Trinajstić information content (AvgIpc) is 3.12. The van der Waals surface area contributed by atoms with Gasteiger partial charge >= 0.3 is 0 Å². The monoisotopic (exact) mass is 408 g/mol. The molecule has 0 aliphatic heterocycles. The Morgan fingerprint density at radius 1 is 1.00 bits per heavy atom. The third-order valence-electron chi connectivity index (χ3n) is 4.05. The molecular weight excluding hydrogens is 395 g/mol. The fourth-order valence-electron chi connectivity index (χ4n) is 2.69. The molecule has 6 heteroatoms. The number of nitrogens with zero attached hydrogens (tertiary/aromatic N) is 1. The summed E-state index contributed by atoms with van der Waals surface area (Å²) >= 11 is 12.2. The molecule has 0 unspecified atom stereocenters. The van der Waals surface area contributed by atoms with Crippen LogP contribution in [0.5, 0.6) is 0 Å². The van der Waals surface area contributed by atoms with E-state index >= 15 is 0 Å². The van der Waals surface area contributed by atoms with Crippen LogP contribution in [0.3, 0.4) is 0 Å². The predicted molar refractivity (Wildman–Crippen MR) is 114 cm³/mol. The number of nitrogens with one attached hydrogen (secondary N) is 1. The van der Waals surface area contributed by atoms with Crippen LogP contribution in [0, 0.1) is 0 Å². The van der Waals surface area contributed by atoms with Crippen LogP contribution in [-0.2, 0) is 4.79 Å². The first kappa shape index (κ1) is 18.3. The van der Waals surface area contributed by atoms with Gasteiger partial charge in [0.05, 0.1) is 10.7 Å². The molecule has 4 aromatic rings. The van der Waals surface area contributed by atoms with Crippen molar-refractivity contribution in [3.8, 4) is 11.5 Å². The van der Waals surface area contributed by atoms with Gasteiger partial charge in [0.25, 0.3) is 0 Å². The molecule has 3 aromatic carbocycles. The topological polar surface area (TPSA) is 55.1 Å². The van der Waals surface area contributed by atoms with Crippen LogP contribution in [0.1, 0.15) is 5.56 Å². The fraction of sp³-hybridized carbons (Fsp3) is 0. The molecule has 1 N–H and O–H groups in total. The molecule has 0 radical (unpaired) electrons. The normalized spacial score (nSPS) is 11.2. The van der Waals surface area contributed by atoms with Crippen molar-refractivity contribution >= 4 is 52.0 Å².